The highest BCUT2D eigenvalue weighted by Crippen LogP contribution is 2.65. The molecule has 0 spiro atoms. The largest absolute Gasteiger partial charge is 0.573 e. The number of anilines is 2. The summed E-state index contributed by atoms with van der Waals surface area (Å²) < 4.78 is 45.3. The van der Waals surface area contributed by atoms with E-state index in [0.29, 0.717) is 28.0 Å². The Kier molecular flexibility index (Phi) is 9.22. The summed E-state index contributed by atoms with van der Waals surface area (Å²) in [7, 11) is 0. The first-order valence-electron chi connectivity index (χ1n) is 19.4. The lowest BCUT2D eigenvalue weighted by Gasteiger charge is -2.50. The number of amides is 4. The van der Waals surface area contributed by atoms with Crippen molar-refractivity contribution in [3.8, 4) is 11.5 Å². The number of carbonyl (C=O) groups is 5. The number of phenols is 1. The maximum Gasteiger partial charge on any atom is 0.573 e. The Hall–Kier alpha value is -7.02. The molecule has 0 bridgehead atoms. The summed E-state index contributed by atoms with van der Waals surface area (Å²) in [5.74, 6) is -9.05. The lowest BCUT2D eigenvalue weighted by molar-refractivity contribution is -0.274. The predicted octanol–water partition coefficient (Wildman–Crippen LogP) is 8.02. The van der Waals surface area contributed by atoms with E-state index in [9.17, 15) is 37.5 Å². The monoisotopic (exact) mass is 811 g/mol. The fraction of sp³-hybridized carbons (Fsp3) is 0.213. The van der Waals surface area contributed by atoms with Gasteiger partial charge in [0.2, 0.25) is 11.8 Å². The number of rotatable bonds is 8. The van der Waals surface area contributed by atoms with E-state index in [1.54, 1.807) is 103 Å². The summed E-state index contributed by atoms with van der Waals surface area (Å²) in [4.78, 5) is 73.5. The van der Waals surface area contributed by atoms with Gasteiger partial charge < -0.3 is 9.84 Å². The van der Waals surface area contributed by atoms with Gasteiger partial charge in [0.1, 0.15) is 11.5 Å². The molecule has 2 aliphatic carbocycles. The van der Waals surface area contributed by atoms with Crippen molar-refractivity contribution in [3.05, 3.63) is 167 Å². The number of carbonyl (C=O) groups excluding carboxylic acids is 5. The molecular formula is C47H36F3N3O7. The van der Waals surface area contributed by atoms with Gasteiger partial charge in [-0.05, 0) is 85.8 Å². The van der Waals surface area contributed by atoms with Crippen LogP contribution in [-0.2, 0) is 24.6 Å². The molecule has 5 aromatic rings. The molecule has 4 aliphatic rings. The van der Waals surface area contributed by atoms with Crippen LogP contribution in [0.15, 0.2) is 139 Å². The molecule has 13 heteroatoms. The molecule has 0 unspecified atom stereocenters. The Morgan fingerprint density at radius 1 is 0.783 bits per heavy atom. The van der Waals surface area contributed by atoms with E-state index < -0.39 is 76.5 Å². The smallest absolute Gasteiger partial charge is 0.508 e. The highest BCUT2D eigenvalue weighted by Gasteiger charge is 2.70. The summed E-state index contributed by atoms with van der Waals surface area (Å²) in [6, 6.07) is 33.2. The molecule has 4 amide bonds. The van der Waals surface area contributed by atoms with Crippen molar-refractivity contribution < 1.29 is 47.0 Å². The van der Waals surface area contributed by atoms with Crippen LogP contribution < -0.4 is 15.1 Å². The number of hydrogen-bond donors (Lipinski definition) is 2. The Labute approximate surface area is 341 Å². The predicted molar refractivity (Wildman–Crippen MR) is 212 cm³/mol. The molecule has 2 saturated heterocycles. The summed E-state index contributed by atoms with van der Waals surface area (Å²) in [6.07, 6.45) is -3.41. The Morgan fingerprint density at radius 3 is 2.10 bits per heavy atom. The third-order valence-electron chi connectivity index (χ3n) is 12.4. The van der Waals surface area contributed by atoms with E-state index in [2.05, 4.69) is 10.2 Å². The maximum atomic E-state index is 15.3. The van der Waals surface area contributed by atoms with Gasteiger partial charge in [0.05, 0.1) is 34.5 Å². The van der Waals surface area contributed by atoms with Gasteiger partial charge in [-0.15, -0.1) is 13.2 Å². The van der Waals surface area contributed by atoms with Crippen LogP contribution in [0.1, 0.15) is 51.4 Å². The lowest BCUT2D eigenvalue weighted by atomic mass is 9.49. The molecule has 60 heavy (non-hydrogen) atoms. The second-order valence-corrected chi connectivity index (χ2v) is 15.6. The number of hydrogen-bond acceptors (Lipinski definition) is 8. The summed E-state index contributed by atoms with van der Waals surface area (Å²) in [5.41, 5.74) is 4.22. The first kappa shape index (κ1) is 38.5. The van der Waals surface area contributed by atoms with Gasteiger partial charge in [-0.1, -0.05) is 90.0 Å². The Morgan fingerprint density at radius 2 is 1.43 bits per heavy atom. The molecule has 5 aromatic carbocycles. The number of fused-ring (bicyclic) bond motifs is 4. The summed E-state index contributed by atoms with van der Waals surface area (Å²) in [5, 5.41) is 12.5. The number of imide groups is 2. The van der Waals surface area contributed by atoms with Gasteiger partial charge in [-0.25, -0.2) is 0 Å². The van der Waals surface area contributed by atoms with Gasteiger partial charge in [0.25, 0.3) is 11.8 Å². The number of aromatic hydroxyl groups is 1. The van der Waals surface area contributed by atoms with Gasteiger partial charge in [0, 0.05) is 22.6 Å². The van der Waals surface area contributed by atoms with Gasteiger partial charge in [-0.3, -0.25) is 34.3 Å². The first-order chi connectivity index (χ1) is 28.8. The van der Waals surface area contributed by atoms with Crippen LogP contribution >= 0.6 is 0 Å². The molecule has 302 valence electrons. The number of benzene rings is 5. The van der Waals surface area contributed by atoms with Crippen LogP contribution in [0.2, 0.25) is 0 Å². The molecule has 2 heterocycles. The number of ether oxygens (including phenoxy) is 1. The standard InChI is InChI=1S/C47H36F3N3O7/c1-26-12-16-30(17-13-26)51-53-43(57)37-25-35-33(40(46(37,45(53)59)29-10-6-3-7-11-29)36-24-32(20-23-38(36)54)60-47(48,49)50)21-22-34-39(35)44(58)52(42(34)56)31-18-14-28(15-19-31)41(55)27-8-4-2-5-9-27/h2-21,23-24,34-35,37,39-40,51,54H,22,25H2,1H3/t34-,35+,37-,39-,40+,46+/m0/s1. The highest BCUT2D eigenvalue weighted by atomic mass is 19.4. The molecule has 3 fully saturated rings. The number of ketones is 1. The van der Waals surface area contributed by atoms with Crippen LogP contribution in [0.5, 0.6) is 11.5 Å². The zero-order valence-electron chi connectivity index (χ0n) is 31.9. The third kappa shape index (κ3) is 6.14. The molecule has 0 radical (unpaired) electrons. The normalized spacial score (nSPS) is 24.7. The maximum absolute atomic E-state index is 15.3. The number of phenolic OH excluding ortho intramolecular Hbond substituents is 1. The number of allylic oxidation sites excluding steroid dienone is 2. The van der Waals surface area contributed by atoms with Gasteiger partial charge in [-0.2, -0.15) is 5.01 Å². The minimum absolute atomic E-state index is 0.0289. The molecule has 10 nitrogen and oxygen atoms in total. The van der Waals surface area contributed by atoms with Crippen molar-refractivity contribution in [1.29, 1.82) is 0 Å². The Balaban J connectivity index is 1.17. The molecule has 2 N–H and O–H groups in total. The molecule has 1 saturated carbocycles. The molecule has 2 aliphatic heterocycles. The van der Waals surface area contributed by atoms with Crippen molar-refractivity contribution in [3.63, 3.8) is 0 Å². The third-order valence-corrected chi connectivity index (χ3v) is 12.4. The van der Waals surface area contributed by atoms with Crippen LogP contribution in [0.4, 0.5) is 24.5 Å². The number of nitrogens with one attached hydrogen (secondary N) is 1. The minimum atomic E-state index is -5.10. The van der Waals surface area contributed by atoms with E-state index in [-0.39, 0.29) is 29.9 Å². The highest BCUT2D eigenvalue weighted by molar-refractivity contribution is 6.23. The van der Waals surface area contributed by atoms with Gasteiger partial charge >= 0.3 is 6.36 Å². The van der Waals surface area contributed by atoms with E-state index in [1.165, 1.54) is 12.1 Å². The van der Waals surface area contributed by atoms with Crippen LogP contribution in [-0.4, -0.2) is 45.9 Å². The van der Waals surface area contributed by atoms with Crippen LogP contribution in [0.3, 0.4) is 0 Å². The Bertz CT molecular complexity index is 2600. The number of aryl methyl sites for hydroxylation is 1. The zero-order chi connectivity index (χ0) is 42.1. The van der Waals surface area contributed by atoms with Crippen molar-refractivity contribution >= 4 is 40.8 Å². The minimum Gasteiger partial charge on any atom is -0.508 e. The molecule has 9 rings (SSSR count). The van der Waals surface area contributed by atoms with Gasteiger partial charge in [0.15, 0.2) is 5.78 Å². The van der Waals surface area contributed by atoms with Crippen LogP contribution in [0.25, 0.3) is 0 Å². The second-order valence-electron chi connectivity index (χ2n) is 15.6. The van der Waals surface area contributed by atoms with Crippen molar-refractivity contribution in [2.45, 2.75) is 37.5 Å². The van der Waals surface area contributed by atoms with Crippen molar-refractivity contribution in [1.82, 2.24) is 5.01 Å². The number of alkyl halides is 3. The lowest BCUT2D eigenvalue weighted by Crippen LogP contribution is -2.53. The van der Waals surface area contributed by atoms with E-state index in [4.69, 9.17) is 0 Å². The summed E-state index contributed by atoms with van der Waals surface area (Å²) in [6.45, 7) is 1.88. The fourth-order valence-corrected chi connectivity index (χ4v) is 9.83. The first-order valence-corrected chi connectivity index (χ1v) is 19.4. The number of nitrogens with zero attached hydrogens (tertiary/aromatic N) is 2. The van der Waals surface area contributed by atoms with Crippen molar-refractivity contribution in [2.24, 2.45) is 23.7 Å². The quantitative estimate of drug-likeness (QED) is 0.0915. The summed E-state index contributed by atoms with van der Waals surface area (Å²) >= 11 is 0. The number of hydrazine groups is 1. The molecular weight excluding hydrogens is 776 g/mol. The molecule has 6 atom stereocenters. The zero-order valence-corrected chi connectivity index (χ0v) is 31.9. The van der Waals surface area contributed by atoms with E-state index in [1.807, 2.05) is 6.92 Å². The average Bonchev–Trinajstić information content (AvgIpc) is 3.62. The molecule has 0 aromatic heterocycles. The van der Waals surface area contributed by atoms with Crippen LogP contribution in [0, 0.1) is 30.6 Å². The van der Waals surface area contributed by atoms with E-state index >= 15 is 4.79 Å². The SMILES string of the molecule is Cc1ccc(NN2C(=O)[C@@H]3C[C@@H]4C(=CC[C@@H]5C(=O)N(c6ccc(C(=O)c7ccccc7)cc6)C(=O)[C@@H]54)[C@H](c4cc(OC(F)(F)F)ccc4O)[C@]3(c3ccccc3)C2=O)cc1. The fourth-order valence-electron chi connectivity index (χ4n) is 9.83. The second kappa shape index (κ2) is 14.4. The topological polar surface area (TPSA) is 133 Å². The average molecular weight is 812 g/mol. The van der Waals surface area contributed by atoms with Crippen molar-refractivity contribution in [2.75, 3.05) is 10.3 Å². The number of halogens is 3. The van der Waals surface area contributed by atoms with E-state index in [0.717, 1.165) is 33.7 Å².